The van der Waals surface area contributed by atoms with Gasteiger partial charge in [0.05, 0.1) is 29.3 Å². The minimum absolute atomic E-state index is 0.0189. The molecule has 2 aliphatic rings. The van der Waals surface area contributed by atoms with Crippen LogP contribution in [0.4, 0.5) is 18.9 Å². The molecule has 2 unspecified atom stereocenters. The molecule has 1 aromatic heterocycles. The number of hydrogen-bond acceptors (Lipinski definition) is 6. The van der Waals surface area contributed by atoms with Crippen molar-refractivity contribution in [3.05, 3.63) is 46.8 Å². The molecule has 8 nitrogen and oxygen atoms in total. The number of ketones is 1. The second-order valence-corrected chi connectivity index (χ2v) is 10.2. The highest BCUT2D eigenvalue weighted by atomic mass is 19.4. The Labute approximate surface area is 206 Å². The summed E-state index contributed by atoms with van der Waals surface area (Å²) >= 11 is 0. The van der Waals surface area contributed by atoms with E-state index in [-0.39, 0.29) is 42.2 Å². The molecule has 5 N–H and O–H groups in total. The lowest BCUT2D eigenvalue weighted by Crippen LogP contribution is -2.35. The van der Waals surface area contributed by atoms with E-state index in [1.54, 1.807) is 0 Å². The van der Waals surface area contributed by atoms with Gasteiger partial charge in [0.2, 0.25) is 0 Å². The number of nitrogens with zero attached hydrogens (tertiary/aromatic N) is 1. The summed E-state index contributed by atoms with van der Waals surface area (Å²) in [5.41, 5.74) is 10.2. The number of fused-ring (bicyclic) bond motifs is 1. The van der Waals surface area contributed by atoms with Crippen LogP contribution in [0.5, 0.6) is 0 Å². The van der Waals surface area contributed by atoms with Gasteiger partial charge < -0.3 is 26.1 Å². The summed E-state index contributed by atoms with van der Waals surface area (Å²) in [5, 5.41) is 3.20. The topological polar surface area (TPSA) is 129 Å². The molecule has 2 aromatic rings. The van der Waals surface area contributed by atoms with Crippen molar-refractivity contribution in [1.29, 1.82) is 0 Å². The molecule has 1 saturated carbocycles. The third-order valence-corrected chi connectivity index (χ3v) is 6.77. The maximum atomic E-state index is 13.9. The molecule has 0 spiro atoms. The van der Waals surface area contributed by atoms with Gasteiger partial charge in [-0.05, 0) is 49.3 Å². The highest BCUT2D eigenvalue weighted by Gasteiger charge is 2.43. The number of carbonyl (C=O) groups excluding carboxylic acids is 3. The fraction of sp³-hybridized carbons (Fsp3) is 0.480. The Morgan fingerprint density at radius 1 is 1.22 bits per heavy atom. The molecule has 0 radical (unpaired) electrons. The number of halogens is 3. The summed E-state index contributed by atoms with van der Waals surface area (Å²) in [6.45, 7) is 3.41. The van der Waals surface area contributed by atoms with Gasteiger partial charge in [-0.3, -0.25) is 14.4 Å². The number of ether oxygens (including phenoxy) is 1. The Balaban J connectivity index is 1.78. The number of benzene rings is 1. The molecule has 194 valence electrons. The van der Waals surface area contributed by atoms with Gasteiger partial charge in [-0.15, -0.1) is 0 Å². The molecule has 4 rings (SSSR count). The Morgan fingerprint density at radius 2 is 1.94 bits per heavy atom. The molecule has 1 fully saturated rings. The van der Waals surface area contributed by atoms with Crippen molar-refractivity contribution in [2.75, 3.05) is 11.9 Å². The molecular formula is C25H29F3N4O4. The smallest absolute Gasteiger partial charge is 0.418 e. The van der Waals surface area contributed by atoms with Crippen molar-refractivity contribution >= 4 is 23.3 Å². The van der Waals surface area contributed by atoms with Crippen LogP contribution in [0, 0.1) is 5.41 Å². The first-order chi connectivity index (χ1) is 16.8. The van der Waals surface area contributed by atoms with E-state index in [0.29, 0.717) is 24.2 Å². The predicted octanol–water partition coefficient (Wildman–Crippen LogP) is 3.59. The lowest BCUT2D eigenvalue weighted by molar-refractivity contribution is -0.147. The monoisotopic (exact) mass is 506 g/mol. The maximum Gasteiger partial charge on any atom is 0.418 e. The molecule has 2 atom stereocenters. The maximum absolute atomic E-state index is 13.9. The van der Waals surface area contributed by atoms with Gasteiger partial charge in [-0.25, -0.2) is 0 Å². The van der Waals surface area contributed by atoms with Crippen LogP contribution in [0.25, 0.3) is 5.69 Å². The van der Waals surface area contributed by atoms with Crippen molar-refractivity contribution in [3.63, 3.8) is 0 Å². The number of aromatic nitrogens is 1. The molecule has 11 heteroatoms. The van der Waals surface area contributed by atoms with E-state index in [9.17, 15) is 27.6 Å². The molecule has 0 saturated heterocycles. The van der Waals surface area contributed by atoms with Crippen LogP contribution in [0.2, 0.25) is 0 Å². The summed E-state index contributed by atoms with van der Waals surface area (Å²) in [6, 6.07) is 4.13. The van der Waals surface area contributed by atoms with Gasteiger partial charge >= 0.3 is 12.1 Å². The predicted molar refractivity (Wildman–Crippen MR) is 126 cm³/mol. The average molecular weight is 507 g/mol. The standard InChI is InChI=1S/C25H29F3N4O4/c1-24(2)9-18-22(19(33)10-24)15(25(26,27)28)12-32(18)13-6-7-14(23(30)35)17(8-13)31-16-4-3-5-20(16)36-21(34)11-29/h6-8,12,16,20,31H,3-5,9-11,29H2,1-2H3,(H2,30,35). The number of nitrogens with two attached hydrogens (primary N) is 2. The fourth-order valence-electron chi connectivity index (χ4n) is 5.18. The Morgan fingerprint density at radius 3 is 2.58 bits per heavy atom. The minimum atomic E-state index is -4.70. The second kappa shape index (κ2) is 9.27. The molecule has 1 amide bonds. The molecular weight excluding hydrogens is 477 g/mol. The Kier molecular flexibility index (Phi) is 6.63. The summed E-state index contributed by atoms with van der Waals surface area (Å²) < 4.78 is 48.4. The first kappa shape index (κ1) is 25.7. The van der Waals surface area contributed by atoms with Crippen LogP contribution in [0.1, 0.15) is 71.5 Å². The largest absolute Gasteiger partial charge is 0.459 e. The molecule has 1 heterocycles. The first-order valence-electron chi connectivity index (χ1n) is 11.8. The number of anilines is 1. The minimum Gasteiger partial charge on any atom is -0.459 e. The van der Waals surface area contributed by atoms with Crippen molar-refractivity contribution in [1.82, 2.24) is 4.57 Å². The molecule has 1 aromatic carbocycles. The zero-order valence-corrected chi connectivity index (χ0v) is 20.1. The zero-order valence-electron chi connectivity index (χ0n) is 20.1. The van der Waals surface area contributed by atoms with E-state index >= 15 is 0 Å². The first-order valence-corrected chi connectivity index (χ1v) is 11.8. The summed E-state index contributed by atoms with van der Waals surface area (Å²) in [7, 11) is 0. The Bertz CT molecular complexity index is 1220. The second-order valence-electron chi connectivity index (χ2n) is 10.2. The van der Waals surface area contributed by atoms with E-state index < -0.39 is 40.9 Å². The fourth-order valence-corrected chi connectivity index (χ4v) is 5.18. The van der Waals surface area contributed by atoms with Crippen molar-refractivity contribution in [3.8, 4) is 5.69 Å². The van der Waals surface area contributed by atoms with Crippen molar-refractivity contribution in [2.45, 2.75) is 64.3 Å². The average Bonchev–Trinajstić information content (AvgIpc) is 3.37. The number of hydrogen-bond donors (Lipinski definition) is 3. The van der Waals surface area contributed by atoms with E-state index in [2.05, 4.69) is 5.32 Å². The van der Waals surface area contributed by atoms with E-state index in [1.807, 2.05) is 13.8 Å². The third-order valence-electron chi connectivity index (χ3n) is 6.77. The van der Waals surface area contributed by atoms with Gasteiger partial charge in [0.1, 0.15) is 6.10 Å². The van der Waals surface area contributed by atoms with Crippen LogP contribution in [-0.4, -0.2) is 40.9 Å². The SMILES string of the molecule is CC1(C)CC(=O)c2c(C(F)(F)F)cn(-c3ccc(C(N)=O)c(NC4CCCC4OC(=O)CN)c3)c2C1. The number of primary amides is 1. The normalized spacial score (nSPS) is 21.2. The summed E-state index contributed by atoms with van der Waals surface area (Å²) in [5.74, 6) is -1.82. The summed E-state index contributed by atoms with van der Waals surface area (Å²) in [6.07, 6.45) is -1.94. The zero-order chi connectivity index (χ0) is 26.4. The third kappa shape index (κ3) is 4.97. The lowest BCUT2D eigenvalue weighted by Gasteiger charge is -2.30. The van der Waals surface area contributed by atoms with Gasteiger partial charge in [0.25, 0.3) is 5.91 Å². The molecule has 36 heavy (non-hydrogen) atoms. The number of Topliss-reactive ketones (excluding diaryl/α,β-unsaturated/α-hetero) is 1. The lowest BCUT2D eigenvalue weighted by atomic mass is 9.75. The van der Waals surface area contributed by atoms with Gasteiger partial charge in [-0.2, -0.15) is 13.2 Å². The van der Waals surface area contributed by atoms with Gasteiger partial charge in [0.15, 0.2) is 5.78 Å². The van der Waals surface area contributed by atoms with Crippen LogP contribution in [0.15, 0.2) is 24.4 Å². The quantitative estimate of drug-likeness (QED) is 0.514. The van der Waals surface area contributed by atoms with Gasteiger partial charge in [-0.1, -0.05) is 13.8 Å². The number of alkyl halides is 3. The number of nitrogens with one attached hydrogen (secondary N) is 1. The van der Waals surface area contributed by atoms with Crippen LogP contribution in [0.3, 0.4) is 0 Å². The van der Waals surface area contributed by atoms with Gasteiger partial charge in [0, 0.05) is 29.7 Å². The van der Waals surface area contributed by atoms with Crippen LogP contribution >= 0.6 is 0 Å². The Hall–Kier alpha value is -3.34. The summed E-state index contributed by atoms with van der Waals surface area (Å²) in [4.78, 5) is 36.6. The highest BCUT2D eigenvalue weighted by Crippen LogP contribution is 2.43. The van der Waals surface area contributed by atoms with Crippen LogP contribution in [-0.2, 0) is 22.1 Å². The van der Waals surface area contributed by atoms with E-state index in [1.165, 1.54) is 22.8 Å². The van der Waals surface area contributed by atoms with Crippen molar-refractivity contribution < 1.29 is 32.3 Å². The molecule has 2 aliphatic carbocycles. The van der Waals surface area contributed by atoms with E-state index in [4.69, 9.17) is 16.2 Å². The number of esters is 1. The van der Waals surface area contributed by atoms with E-state index in [0.717, 1.165) is 12.6 Å². The number of amides is 1. The number of rotatable bonds is 6. The van der Waals surface area contributed by atoms with Crippen molar-refractivity contribution in [2.24, 2.45) is 16.9 Å². The number of carbonyl (C=O) groups is 3. The van der Waals surface area contributed by atoms with Crippen LogP contribution < -0.4 is 16.8 Å². The molecule has 0 aliphatic heterocycles. The highest BCUT2D eigenvalue weighted by molar-refractivity contribution is 6.01. The molecule has 0 bridgehead atoms.